The summed E-state index contributed by atoms with van der Waals surface area (Å²) in [4.78, 5) is 17.2. The number of hydrogen-bond donors (Lipinski definition) is 1. The number of rotatable bonds is 5. The second-order valence-electron chi connectivity index (χ2n) is 6.85. The van der Waals surface area contributed by atoms with Gasteiger partial charge in [-0.1, -0.05) is 18.9 Å². The lowest BCUT2D eigenvalue weighted by molar-refractivity contribution is 0.102. The van der Waals surface area contributed by atoms with Crippen LogP contribution in [0.1, 0.15) is 36.2 Å². The third-order valence-corrected chi connectivity index (χ3v) is 8.27. The first kappa shape index (κ1) is 20.2. The van der Waals surface area contributed by atoms with E-state index in [2.05, 4.69) is 10.3 Å². The van der Waals surface area contributed by atoms with Gasteiger partial charge in [0, 0.05) is 35.1 Å². The SMILES string of the molecule is O=C(Nc1cccc(S(=O)(=O)N2CCCCCC2)c1)c1csc(-c2ccsc2)n1. The van der Waals surface area contributed by atoms with Gasteiger partial charge in [0.2, 0.25) is 10.0 Å². The lowest BCUT2D eigenvalue weighted by Gasteiger charge is -2.20. The van der Waals surface area contributed by atoms with Crippen molar-refractivity contribution in [2.24, 2.45) is 0 Å². The number of anilines is 1. The van der Waals surface area contributed by atoms with E-state index in [1.807, 2.05) is 16.8 Å². The van der Waals surface area contributed by atoms with Crippen molar-refractivity contribution in [2.45, 2.75) is 30.6 Å². The lowest BCUT2D eigenvalue weighted by atomic mass is 10.2. The molecule has 29 heavy (non-hydrogen) atoms. The molecule has 0 bridgehead atoms. The van der Waals surface area contributed by atoms with Gasteiger partial charge in [0.1, 0.15) is 10.7 Å². The summed E-state index contributed by atoms with van der Waals surface area (Å²) in [5.41, 5.74) is 1.75. The zero-order valence-electron chi connectivity index (χ0n) is 15.7. The van der Waals surface area contributed by atoms with Gasteiger partial charge in [0.15, 0.2) is 0 Å². The number of nitrogens with zero attached hydrogens (tertiary/aromatic N) is 2. The molecule has 2 aromatic heterocycles. The second kappa shape index (κ2) is 8.74. The number of carbonyl (C=O) groups excluding carboxylic acids is 1. The van der Waals surface area contributed by atoms with Crippen molar-refractivity contribution >= 4 is 44.3 Å². The molecule has 0 spiro atoms. The van der Waals surface area contributed by atoms with Crippen LogP contribution in [0.4, 0.5) is 5.69 Å². The monoisotopic (exact) mass is 447 g/mol. The Labute approximate surface area is 178 Å². The Balaban J connectivity index is 1.51. The number of thiophene rings is 1. The highest BCUT2D eigenvalue weighted by Gasteiger charge is 2.25. The van der Waals surface area contributed by atoms with Gasteiger partial charge in [-0.15, -0.1) is 11.3 Å². The highest BCUT2D eigenvalue weighted by atomic mass is 32.2. The summed E-state index contributed by atoms with van der Waals surface area (Å²) in [6, 6.07) is 8.39. The number of amides is 1. The first-order valence-corrected chi connectivity index (χ1v) is 12.7. The first-order chi connectivity index (χ1) is 14.0. The molecule has 1 saturated heterocycles. The van der Waals surface area contributed by atoms with Crippen LogP contribution in [-0.4, -0.2) is 36.7 Å². The zero-order chi connectivity index (χ0) is 20.3. The lowest BCUT2D eigenvalue weighted by Crippen LogP contribution is -2.32. The number of thiazole rings is 1. The number of sulfonamides is 1. The molecule has 0 saturated carbocycles. The van der Waals surface area contributed by atoms with Crippen LogP contribution in [0.25, 0.3) is 10.6 Å². The molecular formula is C20H21N3O3S3. The molecule has 0 atom stereocenters. The molecule has 0 aliphatic carbocycles. The van der Waals surface area contributed by atoms with Crippen LogP contribution in [0.2, 0.25) is 0 Å². The van der Waals surface area contributed by atoms with E-state index in [4.69, 9.17) is 0 Å². The molecule has 0 unspecified atom stereocenters. The van der Waals surface area contributed by atoms with Crippen molar-refractivity contribution in [3.63, 3.8) is 0 Å². The molecule has 1 aliphatic rings. The second-order valence-corrected chi connectivity index (χ2v) is 10.4. The van der Waals surface area contributed by atoms with Crippen LogP contribution in [-0.2, 0) is 10.0 Å². The average Bonchev–Trinajstić information content (AvgIpc) is 3.34. The van der Waals surface area contributed by atoms with Crippen LogP contribution in [0, 0.1) is 0 Å². The Morgan fingerprint density at radius 3 is 2.59 bits per heavy atom. The summed E-state index contributed by atoms with van der Waals surface area (Å²) in [7, 11) is -3.56. The molecule has 1 amide bonds. The zero-order valence-corrected chi connectivity index (χ0v) is 18.2. The molecule has 9 heteroatoms. The summed E-state index contributed by atoms with van der Waals surface area (Å²) < 4.78 is 27.5. The molecule has 1 aliphatic heterocycles. The average molecular weight is 448 g/mol. The normalized spacial score (nSPS) is 15.7. The van der Waals surface area contributed by atoms with Crippen LogP contribution < -0.4 is 5.32 Å². The van der Waals surface area contributed by atoms with E-state index >= 15 is 0 Å². The number of hydrogen-bond acceptors (Lipinski definition) is 6. The van der Waals surface area contributed by atoms with E-state index in [9.17, 15) is 13.2 Å². The van der Waals surface area contributed by atoms with E-state index in [1.165, 1.54) is 17.4 Å². The van der Waals surface area contributed by atoms with Crippen molar-refractivity contribution in [1.82, 2.24) is 9.29 Å². The summed E-state index contributed by atoms with van der Waals surface area (Å²) >= 11 is 2.98. The summed E-state index contributed by atoms with van der Waals surface area (Å²) in [5, 5.41) is 9.21. The third kappa shape index (κ3) is 4.58. The molecule has 6 nitrogen and oxygen atoms in total. The quantitative estimate of drug-likeness (QED) is 0.615. The fourth-order valence-corrected chi connectivity index (χ4v) is 6.33. The van der Waals surface area contributed by atoms with Crippen LogP contribution in [0.15, 0.2) is 51.4 Å². The highest BCUT2D eigenvalue weighted by molar-refractivity contribution is 7.89. The minimum atomic E-state index is -3.56. The van der Waals surface area contributed by atoms with Gasteiger partial charge in [0.25, 0.3) is 5.91 Å². The maximum Gasteiger partial charge on any atom is 0.275 e. The van der Waals surface area contributed by atoms with Crippen molar-refractivity contribution in [3.05, 3.63) is 52.2 Å². The van der Waals surface area contributed by atoms with E-state index in [0.29, 0.717) is 24.5 Å². The van der Waals surface area contributed by atoms with E-state index in [1.54, 1.807) is 39.2 Å². The Morgan fingerprint density at radius 1 is 1.07 bits per heavy atom. The minimum absolute atomic E-state index is 0.203. The van der Waals surface area contributed by atoms with Gasteiger partial charge >= 0.3 is 0 Å². The first-order valence-electron chi connectivity index (χ1n) is 9.44. The van der Waals surface area contributed by atoms with Gasteiger partial charge in [-0.3, -0.25) is 4.79 Å². The van der Waals surface area contributed by atoms with Crippen molar-refractivity contribution in [1.29, 1.82) is 0 Å². The van der Waals surface area contributed by atoms with Gasteiger partial charge < -0.3 is 5.32 Å². The molecule has 1 fully saturated rings. The summed E-state index contributed by atoms with van der Waals surface area (Å²) in [6.45, 7) is 1.09. The third-order valence-electron chi connectivity index (χ3n) is 4.80. The van der Waals surface area contributed by atoms with Gasteiger partial charge in [-0.2, -0.15) is 15.6 Å². The van der Waals surface area contributed by atoms with E-state index < -0.39 is 10.0 Å². The van der Waals surface area contributed by atoms with Gasteiger partial charge in [0.05, 0.1) is 4.90 Å². The van der Waals surface area contributed by atoms with E-state index in [0.717, 1.165) is 36.3 Å². The maximum atomic E-state index is 13.0. The molecule has 3 heterocycles. The Kier molecular flexibility index (Phi) is 6.09. The number of nitrogens with one attached hydrogen (secondary N) is 1. The fraction of sp³-hybridized carbons (Fsp3) is 0.300. The highest BCUT2D eigenvalue weighted by Crippen LogP contribution is 2.27. The Morgan fingerprint density at radius 2 is 1.86 bits per heavy atom. The standard InChI is InChI=1S/C20H21N3O3S3/c24-19(18-14-28-20(22-18)15-8-11-27-13-15)21-16-6-5-7-17(12-16)29(25,26)23-9-3-1-2-4-10-23/h5-8,11-14H,1-4,9-10H2,(H,21,24). The smallest absolute Gasteiger partial charge is 0.275 e. The summed E-state index contributed by atoms with van der Waals surface area (Å²) in [5.74, 6) is -0.355. The van der Waals surface area contributed by atoms with Crippen LogP contribution in [0.5, 0.6) is 0 Å². The Hall–Kier alpha value is -2.07. The molecular weight excluding hydrogens is 426 g/mol. The number of benzene rings is 1. The topological polar surface area (TPSA) is 79.4 Å². The Bertz CT molecular complexity index is 1080. The number of aromatic nitrogens is 1. The van der Waals surface area contributed by atoms with Crippen molar-refractivity contribution in [3.8, 4) is 10.6 Å². The molecule has 152 valence electrons. The largest absolute Gasteiger partial charge is 0.321 e. The predicted octanol–water partition coefficient (Wildman–Crippen LogP) is 4.69. The number of carbonyl (C=O) groups is 1. The van der Waals surface area contributed by atoms with Gasteiger partial charge in [-0.25, -0.2) is 13.4 Å². The van der Waals surface area contributed by atoms with Crippen molar-refractivity contribution < 1.29 is 13.2 Å². The predicted molar refractivity (Wildman–Crippen MR) is 117 cm³/mol. The summed E-state index contributed by atoms with van der Waals surface area (Å²) in [6.07, 6.45) is 3.88. The molecule has 1 N–H and O–H groups in total. The molecule has 4 rings (SSSR count). The van der Waals surface area contributed by atoms with Gasteiger partial charge in [-0.05, 0) is 42.5 Å². The van der Waals surface area contributed by atoms with Crippen LogP contribution in [0.3, 0.4) is 0 Å². The molecule has 1 aromatic carbocycles. The maximum absolute atomic E-state index is 13.0. The molecule has 3 aromatic rings. The van der Waals surface area contributed by atoms with E-state index in [-0.39, 0.29) is 10.8 Å². The molecule has 0 radical (unpaired) electrons. The fourth-order valence-electron chi connectivity index (χ4n) is 3.26. The minimum Gasteiger partial charge on any atom is -0.321 e. The van der Waals surface area contributed by atoms with Crippen molar-refractivity contribution in [2.75, 3.05) is 18.4 Å². The van der Waals surface area contributed by atoms with Crippen LogP contribution >= 0.6 is 22.7 Å².